The Kier molecular flexibility index (Phi) is 4.66. The molecule has 2 heteroatoms. The van der Waals surface area contributed by atoms with Crippen LogP contribution in [0.25, 0.3) is 0 Å². The summed E-state index contributed by atoms with van der Waals surface area (Å²) in [6.45, 7) is 4.54. The monoisotopic (exact) mass is 224 g/mol. The van der Waals surface area contributed by atoms with Crippen molar-refractivity contribution in [3.63, 3.8) is 0 Å². The summed E-state index contributed by atoms with van der Waals surface area (Å²) >= 11 is 0. The summed E-state index contributed by atoms with van der Waals surface area (Å²) in [4.78, 5) is 2.76. The number of piperidine rings is 1. The first-order valence-corrected chi connectivity index (χ1v) is 7.27. The van der Waals surface area contributed by atoms with Crippen molar-refractivity contribution < 1.29 is 0 Å². The zero-order chi connectivity index (χ0) is 11.4. The molecule has 0 aromatic carbocycles. The molecule has 1 aliphatic heterocycles. The summed E-state index contributed by atoms with van der Waals surface area (Å²) in [5, 5.41) is 0. The Morgan fingerprint density at radius 2 is 1.75 bits per heavy atom. The van der Waals surface area contributed by atoms with E-state index in [0.717, 1.165) is 18.5 Å². The van der Waals surface area contributed by atoms with Gasteiger partial charge in [-0.1, -0.05) is 32.6 Å². The second-order valence-corrected chi connectivity index (χ2v) is 5.90. The quantitative estimate of drug-likeness (QED) is 0.731. The highest BCUT2D eigenvalue weighted by atomic mass is 15.2. The van der Waals surface area contributed by atoms with Crippen molar-refractivity contribution in [2.24, 2.45) is 11.7 Å². The Hall–Kier alpha value is -0.0800. The lowest BCUT2D eigenvalue weighted by Gasteiger charge is -2.42. The van der Waals surface area contributed by atoms with Crippen molar-refractivity contribution in [1.82, 2.24) is 4.90 Å². The van der Waals surface area contributed by atoms with Gasteiger partial charge in [0.25, 0.3) is 0 Å². The van der Waals surface area contributed by atoms with Gasteiger partial charge in [-0.3, -0.25) is 4.90 Å². The molecule has 0 bridgehead atoms. The van der Waals surface area contributed by atoms with Crippen molar-refractivity contribution in [2.45, 2.75) is 70.4 Å². The first-order chi connectivity index (χ1) is 7.81. The van der Waals surface area contributed by atoms with Crippen LogP contribution in [0.5, 0.6) is 0 Å². The fraction of sp³-hybridized carbons (Fsp3) is 1.00. The van der Waals surface area contributed by atoms with Gasteiger partial charge in [0.2, 0.25) is 0 Å². The van der Waals surface area contributed by atoms with Gasteiger partial charge in [0.05, 0.1) is 0 Å². The van der Waals surface area contributed by atoms with E-state index in [-0.39, 0.29) is 0 Å². The standard InChI is InChI=1S/C14H28N2/c1-12-8-9-16(14(10-12)11-15)13-6-4-2-3-5-7-13/h12-14H,2-11,15H2,1H3. The zero-order valence-electron chi connectivity index (χ0n) is 10.8. The van der Waals surface area contributed by atoms with E-state index in [9.17, 15) is 0 Å². The number of rotatable bonds is 2. The number of nitrogens with zero attached hydrogens (tertiary/aromatic N) is 1. The van der Waals surface area contributed by atoms with E-state index in [1.807, 2.05) is 0 Å². The van der Waals surface area contributed by atoms with Crippen LogP contribution >= 0.6 is 0 Å². The fourth-order valence-electron chi connectivity index (χ4n) is 3.57. The highest BCUT2D eigenvalue weighted by Crippen LogP contribution is 2.29. The van der Waals surface area contributed by atoms with Crippen LogP contribution in [0.4, 0.5) is 0 Å². The van der Waals surface area contributed by atoms with Crippen molar-refractivity contribution >= 4 is 0 Å². The molecular weight excluding hydrogens is 196 g/mol. The average Bonchev–Trinajstić information content (AvgIpc) is 2.57. The van der Waals surface area contributed by atoms with E-state index < -0.39 is 0 Å². The van der Waals surface area contributed by atoms with Crippen molar-refractivity contribution in [2.75, 3.05) is 13.1 Å². The van der Waals surface area contributed by atoms with Gasteiger partial charge in [0.1, 0.15) is 0 Å². The SMILES string of the molecule is CC1CCN(C2CCCCCC2)C(CN)C1. The predicted molar refractivity (Wildman–Crippen MR) is 69.4 cm³/mol. The summed E-state index contributed by atoms with van der Waals surface area (Å²) in [7, 11) is 0. The first-order valence-electron chi connectivity index (χ1n) is 7.27. The molecule has 1 saturated carbocycles. The molecule has 0 aromatic rings. The molecule has 16 heavy (non-hydrogen) atoms. The van der Waals surface area contributed by atoms with Gasteiger partial charge in [-0.25, -0.2) is 0 Å². The Labute approximate surface area is 101 Å². The molecule has 0 radical (unpaired) electrons. The van der Waals surface area contributed by atoms with Gasteiger partial charge in [-0.2, -0.15) is 0 Å². The molecular formula is C14H28N2. The van der Waals surface area contributed by atoms with Crippen LogP contribution in [0.3, 0.4) is 0 Å². The average molecular weight is 224 g/mol. The van der Waals surface area contributed by atoms with Crippen LogP contribution in [-0.2, 0) is 0 Å². The Bertz CT molecular complexity index is 197. The molecule has 1 aliphatic carbocycles. The van der Waals surface area contributed by atoms with Crippen LogP contribution in [0, 0.1) is 5.92 Å². The van der Waals surface area contributed by atoms with E-state index >= 15 is 0 Å². The maximum Gasteiger partial charge on any atom is 0.0223 e. The lowest BCUT2D eigenvalue weighted by Crippen LogP contribution is -2.51. The predicted octanol–water partition coefficient (Wildman–Crippen LogP) is 2.77. The molecule has 94 valence electrons. The highest BCUT2D eigenvalue weighted by Gasteiger charge is 2.30. The number of nitrogens with two attached hydrogens (primary N) is 1. The van der Waals surface area contributed by atoms with Gasteiger partial charge in [0.15, 0.2) is 0 Å². The highest BCUT2D eigenvalue weighted by molar-refractivity contribution is 4.86. The topological polar surface area (TPSA) is 29.3 Å². The third-order valence-corrected chi connectivity index (χ3v) is 4.59. The Balaban J connectivity index is 1.94. The number of hydrogen-bond donors (Lipinski definition) is 1. The first kappa shape index (κ1) is 12.4. The van der Waals surface area contributed by atoms with Crippen molar-refractivity contribution in [3.05, 3.63) is 0 Å². The normalized spacial score (nSPS) is 34.9. The maximum absolute atomic E-state index is 5.96. The molecule has 2 N–H and O–H groups in total. The van der Waals surface area contributed by atoms with Gasteiger partial charge >= 0.3 is 0 Å². The van der Waals surface area contributed by atoms with Crippen LogP contribution < -0.4 is 5.73 Å². The summed E-state index contributed by atoms with van der Waals surface area (Å²) in [6.07, 6.45) is 11.3. The summed E-state index contributed by atoms with van der Waals surface area (Å²) < 4.78 is 0. The molecule has 0 spiro atoms. The molecule has 2 fully saturated rings. The smallest absolute Gasteiger partial charge is 0.0223 e. The Morgan fingerprint density at radius 3 is 2.38 bits per heavy atom. The molecule has 2 rings (SSSR count). The van der Waals surface area contributed by atoms with E-state index in [0.29, 0.717) is 6.04 Å². The largest absolute Gasteiger partial charge is 0.329 e. The number of likely N-dealkylation sites (tertiary alicyclic amines) is 1. The maximum atomic E-state index is 5.96. The lowest BCUT2D eigenvalue weighted by atomic mass is 9.90. The minimum Gasteiger partial charge on any atom is -0.329 e. The van der Waals surface area contributed by atoms with E-state index in [1.54, 1.807) is 0 Å². The van der Waals surface area contributed by atoms with Gasteiger partial charge in [0, 0.05) is 18.6 Å². The lowest BCUT2D eigenvalue weighted by molar-refractivity contribution is 0.0684. The second kappa shape index (κ2) is 6.02. The van der Waals surface area contributed by atoms with E-state index in [1.165, 1.54) is 57.9 Å². The summed E-state index contributed by atoms with van der Waals surface area (Å²) in [5.74, 6) is 0.885. The fourth-order valence-corrected chi connectivity index (χ4v) is 3.57. The molecule has 1 saturated heterocycles. The van der Waals surface area contributed by atoms with Gasteiger partial charge < -0.3 is 5.73 Å². The van der Waals surface area contributed by atoms with Gasteiger partial charge in [-0.05, 0) is 38.1 Å². The zero-order valence-corrected chi connectivity index (χ0v) is 10.8. The molecule has 0 amide bonds. The van der Waals surface area contributed by atoms with Crippen LogP contribution in [-0.4, -0.2) is 30.1 Å². The van der Waals surface area contributed by atoms with Crippen LogP contribution in [0.1, 0.15) is 58.3 Å². The van der Waals surface area contributed by atoms with Crippen LogP contribution in [0.15, 0.2) is 0 Å². The number of hydrogen-bond acceptors (Lipinski definition) is 2. The van der Waals surface area contributed by atoms with Crippen molar-refractivity contribution in [1.29, 1.82) is 0 Å². The molecule has 2 nitrogen and oxygen atoms in total. The molecule has 2 aliphatic rings. The summed E-state index contributed by atoms with van der Waals surface area (Å²) in [6, 6.07) is 1.52. The third-order valence-electron chi connectivity index (χ3n) is 4.59. The minimum atomic E-state index is 0.673. The third kappa shape index (κ3) is 2.98. The minimum absolute atomic E-state index is 0.673. The molecule has 1 heterocycles. The summed E-state index contributed by atoms with van der Waals surface area (Å²) in [5.41, 5.74) is 5.96. The van der Waals surface area contributed by atoms with Crippen molar-refractivity contribution in [3.8, 4) is 0 Å². The van der Waals surface area contributed by atoms with Crippen LogP contribution in [0.2, 0.25) is 0 Å². The van der Waals surface area contributed by atoms with E-state index in [4.69, 9.17) is 5.73 Å². The van der Waals surface area contributed by atoms with E-state index in [2.05, 4.69) is 11.8 Å². The second-order valence-electron chi connectivity index (χ2n) is 5.90. The molecule has 2 unspecified atom stereocenters. The molecule has 2 atom stereocenters. The molecule has 0 aromatic heterocycles. The Morgan fingerprint density at radius 1 is 1.06 bits per heavy atom. The van der Waals surface area contributed by atoms with Gasteiger partial charge in [-0.15, -0.1) is 0 Å².